The van der Waals surface area contributed by atoms with Crippen LogP contribution < -0.4 is 0 Å². The van der Waals surface area contributed by atoms with Gasteiger partial charge in [0.2, 0.25) is 0 Å². The molecular formula is C7H12N4. The van der Waals surface area contributed by atoms with Gasteiger partial charge in [-0.3, -0.25) is 5.01 Å². The minimum Gasteiger partial charge on any atom is -0.275 e. The molecular weight excluding hydrogens is 140 g/mol. The topological polar surface area (TPSA) is 42.6 Å². The van der Waals surface area contributed by atoms with Crippen LogP contribution >= 0.6 is 0 Å². The molecule has 60 valence electrons. The Balaban J connectivity index is 2.56. The second kappa shape index (κ2) is 3.24. The van der Waals surface area contributed by atoms with Crippen molar-refractivity contribution in [1.29, 1.82) is 5.26 Å². The number of nitriles is 1. The summed E-state index contributed by atoms with van der Waals surface area (Å²) >= 11 is 0. The minimum atomic E-state index is 0.144. The lowest BCUT2D eigenvalue weighted by Gasteiger charge is -2.21. The standard InChI is InChI=1S/C7H12N4/c1-3-4-7-10(2)9-6-11(7)5-8/h6-7H,3-4H2,1-2H3. The second-order valence-corrected chi connectivity index (χ2v) is 2.58. The molecule has 1 unspecified atom stereocenters. The lowest BCUT2D eigenvalue weighted by Crippen LogP contribution is -2.34. The van der Waals surface area contributed by atoms with E-state index in [4.69, 9.17) is 5.26 Å². The van der Waals surface area contributed by atoms with Crippen molar-refractivity contribution in [3.05, 3.63) is 0 Å². The van der Waals surface area contributed by atoms with Crippen molar-refractivity contribution < 1.29 is 0 Å². The fraction of sp³-hybridized carbons (Fsp3) is 0.714. The lowest BCUT2D eigenvalue weighted by atomic mass is 10.2. The van der Waals surface area contributed by atoms with Gasteiger partial charge in [0, 0.05) is 7.05 Å². The van der Waals surface area contributed by atoms with Crippen molar-refractivity contribution in [3.8, 4) is 6.19 Å². The Bertz CT molecular complexity index is 193. The third-order valence-corrected chi connectivity index (χ3v) is 1.77. The molecule has 1 heterocycles. The van der Waals surface area contributed by atoms with Crippen LogP contribution in [-0.2, 0) is 0 Å². The van der Waals surface area contributed by atoms with Gasteiger partial charge < -0.3 is 0 Å². The van der Waals surface area contributed by atoms with Crippen LogP contribution in [0.1, 0.15) is 19.8 Å². The molecule has 0 aromatic heterocycles. The van der Waals surface area contributed by atoms with Crippen molar-refractivity contribution in [2.24, 2.45) is 5.10 Å². The van der Waals surface area contributed by atoms with Crippen molar-refractivity contribution in [3.63, 3.8) is 0 Å². The lowest BCUT2D eigenvalue weighted by molar-refractivity contribution is 0.187. The number of nitrogens with zero attached hydrogens (tertiary/aromatic N) is 4. The van der Waals surface area contributed by atoms with Crippen LogP contribution in [0.4, 0.5) is 0 Å². The molecule has 0 radical (unpaired) electrons. The summed E-state index contributed by atoms with van der Waals surface area (Å²) in [7, 11) is 1.88. The molecule has 11 heavy (non-hydrogen) atoms. The van der Waals surface area contributed by atoms with E-state index in [-0.39, 0.29) is 6.17 Å². The van der Waals surface area contributed by atoms with Gasteiger partial charge in [0.25, 0.3) is 0 Å². The zero-order valence-corrected chi connectivity index (χ0v) is 6.86. The maximum absolute atomic E-state index is 8.64. The zero-order valence-electron chi connectivity index (χ0n) is 6.86. The van der Waals surface area contributed by atoms with E-state index in [0.29, 0.717) is 0 Å². The van der Waals surface area contributed by atoms with Crippen LogP contribution in [0.5, 0.6) is 0 Å². The summed E-state index contributed by atoms with van der Waals surface area (Å²) in [6.45, 7) is 2.10. The molecule has 4 heteroatoms. The molecule has 1 aliphatic rings. The first-order chi connectivity index (χ1) is 5.29. The second-order valence-electron chi connectivity index (χ2n) is 2.58. The Morgan fingerprint density at radius 3 is 3.00 bits per heavy atom. The van der Waals surface area contributed by atoms with E-state index < -0.39 is 0 Å². The Hall–Kier alpha value is -1.24. The molecule has 0 spiro atoms. The first-order valence-corrected chi connectivity index (χ1v) is 3.74. The molecule has 1 aliphatic heterocycles. The first-order valence-electron chi connectivity index (χ1n) is 3.74. The Morgan fingerprint density at radius 1 is 1.73 bits per heavy atom. The fourth-order valence-electron chi connectivity index (χ4n) is 1.15. The largest absolute Gasteiger partial charge is 0.275 e. The third kappa shape index (κ3) is 1.43. The summed E-state index contributed by atoms with van der Waals surface area (Å²) in [5, 5.41) is 14.5. The number of rotatable bonds is 2. The number of hydrogen-bond acceptors (Lipinski definition) is 4. The van der Waals surface area contributed by atoms with Crippen LogP contribution in [-0.4, -0.2) is 29.5 Å². The van der Waals surface area contributed by atoms with Gasteiger partial charge in [0.05, 0.1) is 0 Å². The zero-order chi connectivity index (χ0) is 8.27. The summed E-state index contributed by atoms with van der Waals surface area (Å²) in [6.07, 6.45) is 5.83. The molecule has 0 aromatic rings. The predicted molar refractivity (Wildman–Crippen MR) is 42.4 cm³/mol. The molecule has 0 aromatic carbocycles. The van der Waals surface area contributed by atoms with E-state index in [9.17, 15) is 0 Å². The molecule has 0 bridgehead atoms. The Kier molecular flexibility index (Phi) is 2.32. The van der Waals surface area contributed by atoms with Crippen LogP contribution in [0, 0.1) is 11.5 Å². The van der Waals surface area contributed by atoms with Crippen molar-refractivity contribution in [2.75, 3.05) is 7.05 Å². The smallest absolute Gasteiger partial charge is 0.187 e. The van der Waals surface area contributed by atoms with Gasteiger partial charge in [-0.25, -0.2) is 4.90 Å². The molecule has 0 aliphatic carbocycles. The van der Waals surface area contributed by atoms with Crippen molar-refractivity contribution in [2.45, 2.75) is 25.9 Å². The molecule has 1 atom stereocenters. The van der Waals surface area contributed by atoms with Gasteiger partial charge in [-0.1, -0.05) is 13.3 Å². The van der Waals surface area contributed by atoms with E-state index in [0.717, 1.165) is 12.8 Å². The monoisotopic (exact) mass is 152 g/mol. The van der Waals surface area contributed by atoms with Crippen LogP contribution in [0.25, 0.3) is 0 Å². The first kappa shape index (κ1) is 7.86. The van der Waals surface area contributed by atoms with Gasteiger partial charge in [-0.15, -0.1) is 0 Å². The van der Waals surface area contributed by atoms with E-state index in [2.05, 4.69) is 18.2 Å². The number of hydrazone groups is 1. The molecule has 0 saturated heterocycles. The van der Waals surface area contributed by atoms with Crippen LogP contribution in [0.15, 0.2) is 5.10 Å². The van der Waals surface area contributed by atoms with E-state index in [1.807, 2.05) is 12.1 Å². The molecule has 0 fully saturated rings. The highest BCUT2D eigenvalue weighted by molar-refractivity contribution is 5.59. The molecule has 1 rings (SSSR count). The normalized spacial score (nSPS) is 22.5. The third-order valence-electron chi connectivity index (χ3n) is 1.77. The van der Waals surface area contributed by atoms with Crippen molar-refractivity contribution >= 4 is 6.34 Å². The average Bonchev–Trinajstić information content (AvgIpc) is 2.34. The van der Waals surface area contributed by atoms with Gasteiger partial charge in [-0.2, -0.15) is 10.4 Å². The molecule has 0 saturated carbocycles. The van der Waals surface area contributed by atoms with E-state index >= 15 is 0 Å². The maximum Gasteiger partial charge on any atom is 0.187 e. The maximum atomic E-state index is 8.64. The van der Waals surface area contributed by atoms with Gasteiger partial charge in [-0.05, 0) is 6.42 Å². The van der Waals surface area contributed by atoms with Crippen molar-refractivity contribution in [1.82, 2.24) is 9.91 Å². The molecule has 0 amide bonds. The highest BCUT2D eigenvalue weighted by Gasteiger charge is 2.23. The predicted octanol–water partition coefficient (Wildman–Crippen LogP) is 0.784. The van der Waals surface area contributed by atoms with Gasteiger partial charge >= 0.3 is 0 Å². The highest BCUT2D eigenvalue weighted by atomic mass is 15.6. The molecule has 0 N–H and O–H groups in total. The quantitative estimate of drug-likeness (QED) is 0.549. The van der Waals surface area contributed by atoms with E-state index in [1.165, 1.54) is 0 Å². The van der Waals surface area contributed by atoms with Gasteiger partial charge in [0.1, 0.15) is 12.5 Å². The summed E-state index contributed by atoms with van der Waals surface area (Å²) in [4.78, 5) is 1.57. The van der Waals surface area contributed by atoms with E-state index in [1.54, 1.807) is 11.2 Å². The summed E-state index contributed by atoms with van der Waals surface area (Å²) in [6, 6.07) is 0. The SMILES string of the molecule is CCCC1N(C#N)C=NN1C. The summed E-state index contributed by atoms with van der Waals surface area (Å²) < 4.78 is 0. The van der Waals surface area contributed by atoms with Crippen LogP contribution in [0.3, 0.4) is 0 Å². The van der Waals surface area contributed by atoms with Gasteiger partial charge in [0.15, 0.2) is 6.19 Å². The number of hydrogen-bond donors (Lipinski definition) is 0. The summed E-state index contributed by atoms with van der Waals surface area (Å²) in [5.41, 5.74) is 0. The fourth-order valence-corrected chi connectivity index (χ4v) is 1.15. The average molecular weight is 152 g/mol. The molecule has 4 nitrogen and oxygen atoms in total. The highest BCUT2D eigenvalue weighted by Crippen LogP contribution is 2.13. The Morgan fingerprint density at radius 2 is 2.45 bits per heavy atom. The minimum absolute atomic E-state index is 0.144. The summed E-state index contributed by atoms with van der Waals surface area (Å²) in [5.74, 6) is 0. The van der Waals surface area contributed by atoms with Crippen LogP contribution in [0.2, 0.25) is 0 Å². The Labute approximate surface area is 66.7 Å².